The van der Waals surface area contributed by atoms with Crippen molar-refractivity contribution in [1.82, 2.24) is 20.3 Å². The molecule has 0 aliphatic rings. The number of carboxylic acids is 1. The Kier molecular flexibility index (Phi) is 5.21. The van der Waals surface area contributed by atoms with Crippen LogP contribution in [-0.2, 0) is 13.1 Å². The second-order valence-corrected chi connectivity index (χ2v) is 5.85. The van der Waals surface area contributed by atoms with Crippen molar-refractivity contribution in [1.29, 1.82) is 0 Å². The first-order valence-corrected chi connectivity index (χ1v) is 7.40. The second kappa shape index (κ2) is 7.12. The first kappa shape index (κ1) is 16.1. The van der Waals surface area contributed by atoms with Crippen LogP contribution in [0.3, 0.4) is 0 Å². The molecule has 0 radical (unpaired) electrons. The summed E-state index contributed by atoms with van der Waals surface area (Å²) in [5.74, 6) is -1.39. The Labute approximate surface area is 129 Å². The van der Waals surface area contributed by atoms with E-state index in [2.05, 4.69) is 15.6 Å². The Balaban J connectivity index is 1.95. The molecule has 0 aliphatic heterocycles. The number of hydrogen-bond acceptors (Lipinski definition) is 5. The smallest absolute Gasteiger partial charge is 0.345 e. The van der Waals surface area contributed by atoms with Gasteiger partial charge in [0.05, 0.1) is 12.9 Å². The highest BCUT2D eigenvalue weighted by Crippen LogP contribution is 2.21. The van der Waals surface area contributed by atoms with Crippen molar-refractivity contribution in [3.8, 4) is 0 Å². The summed E-state index contributed by atoms with van der Waals surface area (Å²) in [6.45, 7) is 1.92. The minimum absolute atomic E-state index is 0.144. The van der Waals surface area contributed by atoms with Crippen molar-refractivity contribution in [2.45, 2.75) is 26.4 Å². The zero-order chi connectivity index (χ0) is 16.1. The lowest BCUT2D eigenvalue weighted by Crippen LogP contribution is -2.23. The lowest BCUT2D eigenvalue weighted by atomic mass is 10.2. The molecule has 0 fully saturated rings. The van der Waals surface area contributed by atoms with Crippen LogP contribution < -0.4 is 5.32 Å². The van der Waals surface area contributed by atoms with Crippen LogP contribution in [0.4, 0.5) is 4.39 Å². The van der Waals surface area contributed by atoms with Crippen molar-refractivity contribution < 1.29 is 19.1 Å². The number of aromatic carboxylic acids is 1. The van der Waals surface area contributed by atoms with Gasteiger partial charge >= 0.3 is 5.97 Å². The summed E-state index contributed by atoms with van der Waals surface area (Å²) in [7, 11) is 0. The summed E-state index contributed by atoms with van der Waals surface area (Å²) < 4.78 is 13.5. The highest BCUT2D eigenvalue weighted by atomic mass is 32.1. The van der Waals surface area contributed by atoms with E-state index in [0.29, 0.717) is 13.0 Å². The van der Waals surface area contributed by atoms with Crippen molar-refractivity contribution in [3.63, 3.8) is 0 Å². The fraction of sp³-hybridized carbons (Fsp3) is 0.385. The Hall–Kier alpha value is -2.29. The normalized spacial score (nSPS) is 10.6. The maximum absolute atomic E-state index is 12.1. The minimum Gasteiger partial charge on any atom is -0.477 e. The van der Waals surface area contributed by atoms with E-state index < -0.39 is 18.6 Å². The number of aryl methyl sites for hydroxylation is 2. The van der Waals surface area contributed by atoms with Crippen molar-refractivity contribution in [3.05, 3.63) is 33.3 Å². The zero-order valence-electron chi connectivity index (χ0n) is 11.9. The van der Waals surface area contributed by atoms with E-state index in [0.717, 1.165) is 21.8 Å². The van der Waals surface area contributed by atoms with E-state index in [1.54, 1.807) is 13.0 Å². The van der Waals surface area contributed by atoms with Crippen LogP contribution in [0.15, 0.2) is 12.3 Å². The summed E-state index contributed by atoms with van der Waals surface area (Å²) >= 11 is 1.16. The zero-order valence-corrected chi connectivity index (χ0v) is 12.7. The van der Waals surface area contributed by atoms with E-state index in [-0.39, 0.29) is 17.1 Å². The molecule has 2 aromatic heterocycles. The highest BCUT2D eigenvalue weighted by molar-refractivity contribution is 7.14. The summed E-state index contributed by atoms with van der Waals surface area (Å²) in [6, 6.07) is 1.54. The molecule has 0 unspecified atom stereocenters. The van der Waals surface area contributed by atoms with Crippen molar-refractivity contribution in [2.75, 3.05) is 6.67 Å². The minimum atomic E-state index is -0.985. The Morgan fingerprint density at radius 3 is 2.91 bits per heavy atom. The van der Waals surface area contributed by atoms with E-state index in [1.165, 1.54) is 10.9 Å². The predicted molar refractivity (Wildman–Crippen MR) is 77.8 cm³/mol. The van der Waals surface area contributed by atoms with Crippen LogP contribution in [0.5, 0.6) is 0 Å². The summed E-state index contributed by atoms with van der Waals surface area (Å²) in [5.41, 5.74) is 0.894. The Morgan fingerprint density at radius 1 is 1.50 bits per heavy atom. The van der Waals surface area contributed by atoms with Gasteiger partial charge in [-0.05, 0) is 25.0 Å². The van der Waals surface area contributed by atoms with Crippen molar-refractivity contribution in [2.24, 2.45) is 0 Å². The van der Waals surface area contributed by atoms with E-state index in [4.69, 9.17) is 5.11 Å². The van der Waals surface area contributed by atoms with Gasteiger partial charge in [-0.2, -0.15) is 0 Å². The predicted octanol–water partition coefficient (Wildman–Crippen LogP) is 1.64. The molecule has 0 saturated carbocycles. The van der Waals surface area contributed by atoms with Gasteiger partial charge in [0.15, 0.2) is 5.69 Å². The maximum Gasteiger partial charge on any atom is 0.345 e. The van der Waals surface area contributed by atoms with Gasteiger partial charge in [0, 0.05) is 18.0 Å². The Bertz CT molecular complexity index is 683. The topological polar surface area (TPSA) is 97.1 Å². The fourth-order valence-electron chi connectivity index (χ4n) is 1.80. The Morgan fingerprint density at radius 2 is 2.27 bits per heavy atom. The number of amides is 1. The molecular formula is C13H15FN4O3S. The molecule has 0 spiro atoms. The van der Waals surface area contributed by atoms with Gasteiger partial charge in [-0.15, -0.1) is 16.4 Å². The van der Waals surface area contributed by atoms with E-state index in [9.17, 15) is 14.0 Å². The average Bonchev–Trinajstić information content (AvgIpc) is 3.09. The molecule has 0 saturated heterocycles. The van der Waals surface area contributed by atoms with Crippen molar-refractivity contribution >= 4 is 23.2 Å². The second-order valence-electron chi connectivity index (χ2n) is 4.59. The number of carbonyl (C=O) groups is 2. The quantitative estimate of drug-likeness (QED) is 0.806. The molecule has 2 N–H and O–H groups in total. The molecule has 0 aromatic carbocycles. The van der Waals surface area contributed by atoms with Gasteiger partial charge in [-0.3, -0.25) is 13.9 Å². The molecule has 2 heterocycles. The van der Waals surface area contributed by atoms with Crippen LogP contribution in [0.1, 0.15) is 37.0 Å². The maximum atomic E-state index is 12.1. The van der Waals surface area contributed by atoms with Crippen LogP contribution in [0.25, 0.3) is 0 Å². The number of nitrogens with one attached hydrogen (secondary N) is 1. The summed E-state index contributed by atoms with van der Waals surface area (Å²) in [6.07, 6.45) is 1.77. The average molecular weight is 326 g/mol. The molecule has 1 amide bonds. The molecule has 7 nitrogen and oxygen atoms in total. The van der Waals surface area contributed by atoms with Crippen LogP contribution in [-0.4, -0.2) is 38.7 Å². The highest BCUT2D eigenvalue weighted by Gasteiger charge is 2.14. The summed E-state index contributed by atoms with van der Waals surface area (Å²) in [5, 5.41) is 19.1. The number of halogens is 1. The third kappa shape index (κ3) is 3.88. The number of aromatic nitrogens is 3. The van der Waals surface area contributed by atoms with Gasteiger partial charge < -0.3 is 10.4 Å². The van der Waals surface area contributed by atoms with Gasteiger partial charge in [-0.25, -0.2) is 4.79 Å². The number of carbonyl (C=O) groups excluding carboxylic acids is 1. The number of carboxylic acid groups (broad SMARTS) is 1. The van der Waals surface area contributed by atoms with Gasteiger partial charge in [0.25, 0.3) is 5.91 Å². The third-order valence-electron chi connectivity index (χ3n) is 2.96. The fourth-order valence-corrected chi connectivity index (χ4v) is 2.68. The molecule has 22 heavy (non-hydrogen) atoms. The third-order valence-corrected chi connectivity index (χ3v) is 4.04. The number of hydrogen-bond donors (Lipinski definition) is 2. The molecule has 0 bridgehead atoms. The first-order chi connectivity index (χ1) is 10.5. The SMILES string of the molecule is Cc1sc(C(=O)O)cc1CNC(=O)c1cn(CCCF)nn1. The molecule has 0 aliphatic carbocycles. The number of alkyl halides is 1. The van der Waals surface area contributed by atoms with Gasteiger partial charge in [0.1, 0.15) is 4.88 Å². The molecular weight excluding hydrogens is 311 g/mol. The molecule has 9 heteroatoms. The number of nitrogens with zero attached hydrogens (tertiary/aromatic N) is 3. The molecule has 118 valence electrons. The summed E-state index contributed by atoms with van der Waals surface area (Å²) in [4.78, 5) is 23.9. The first-order valence-electron chi connectivity index (χ1n) is 6.58. The largest absolute Gasteiger partial charge is 0.477 e. The lowest BCUT2D eigenvalue weighted by Gasteiger charge is -2.01. The monoisotopic (exact) mass is 326 g/mol. The van der Waals surface area contributed by atoms with Crippen LogP contribution in [0, 0.1) is 6.92 Å². The van der Waals surface area contributed by atoms with E-state index in [1.807, 2.05) is 0 Å². The number of rotatable bonds is 7. The lowest BCUT2D eigenvalue weighted by molar-refractivity contribution is 0.0702. The van der Waals surface area contributed by atoms with E-state index >= 15 is 0 Å². The van der Waals surface area contributed by atoms with Crippen LogP contribution >= 0.6 is 11.3 Å². The molecule has 2 rings (SSSR count). The molecule has 0 atom stereocenters. The van der Waals surface area contributed by atoms with Gasteiger partial charge in [-0.1, -0.05) is 5.21 Å². The van der Waals surface area contributed by atoms with Gasteiger partial charge in [0.2, 0.25) is 0 Å². The standard InChI is InChI=1S/C13H15FN4O3S/c1-8-9(5-11(22-8)13(20)21)6-15-12(19)10-7-18(17-16-10)4-2-3-14/h5,7H,2-4,6H2,1H3,(H,15,19)(H,20,21). The molecule has 2 aromatic rings. The van der Waals surface area contributed by atoms with Crippen LogP contribution in [0.2, 0.25) is 0 Å². The number of thiophene rings is 1.